The number of carbonyl (C=O) groups excluding carboxylic acids is 2. The zero-order chi connectivity index (χ0) is 15.2. The molecule has 3 rings (SSSR count). The maximum atomic E-state index is 12.4. The fraction of sp³-hybridized carbons (Fsp3) is 0.500. The molecule has 1 amide bonds. The van der Waals surface area contributed by atoms with Gasteiger partial charge in [-0.25, -0.2) is 0 Å². The first-order valence-corrected chi connectivity index (χ1v) is 7.24. The van der Waals surface area contributed by atoms with E-state index in [0.717, 1.165) is 11.3 Å². The van der Waals surface area contributed by atoms with Gasteiger partial charge in [0.2, 0.25) is 5.91 Å². The third-order valence-electron chi connectivity index (χ3n) is 4.56. The summed E-state index contributed by atoms with van der Waals surface area (Å²) < 4.78 is 11.1. The van der Waals surface area contributed by atoms with Crippen molar-refractivity contribution < 1.29 is 19.1 Å². The van der Waals surface area contributed by atoms with Crippen LogP contribution in [-0.4, -0.2) is 24.2 Å². The number of piperidine rings is 1. The Hall–Kier alpha value is -2.04. The van der Waals surface area contributed by atoms with Crippen LogP contribution in [0.2, 0.25) is 0 Å². The molecule has 1 aromatic rings. The van der Waals surface area contributed by atoms with Crippen molar-refractivity contribution in [3.63, 3.8) is 0 Å². The van der Waals surface area contributed by atoms with E-state index < -0.39 is 17.6 Å². The number of hydrogen-bond donors (Lipinski definition) is 1. The van der Waals surface area contributed by atoms with Crippen LogP contribution in [-0.2, 0) is 14.3 Å². The quantitative estimate of drug-likeness (QED) is 0.666. The van der Waals surface area contributed by atoms with Crippen LogP contribution in [0.25, 0.3) is 0 Å². The van der Waals surface area contributed by atoms with E-state index in [4.69, 9.17) is 9.47 Å². The maximum Gasteiger partial charge on any atom is 0.319 e. The summed E-state index contributed by atoms with van der Waals surface area (Å²) in [6.07, 6.45) is 0. The van der Waals surface area contributed by atoms with E-state index in [0.29, 0.717) is 0 Å². The fourth-order valence-corrected chi connectivity index (χ4v) is 3.36. The van der Waals surface area contributed by atoms with Gasteiger partial charge in [-0.1, -0.05) is 25.1 Å². The van der Waals surface area contributed by atoms with Crippen molar-refractivity contribution in [3.05, 3.63) is 29.8 Å². The van der Waals surface area contributed by atoms with Gasteiger partial charge in [-0.3, -0.25) is 9.59 Å². The van der Waals surface area contributed by atoms with E-state index in [1.807, 2.05) is 38.1 Å². The Morgan fingerprint density at radius 2 is 2.14 bits per heavy atom. The number of carbonyl (C=O) groups is 2. The highest BCUT2D eigenvalue weighted by Gasteiger charge is 2.56. The van der Waals surface area contributed by atoms with Crippen LogP contribution in [0.4, 0.5) is 0 Å². The second-order valence-corrected chi connectivity index (χ2v) is 5.78. The number of esters is 1. The highest BCUT2D eigenvalue weighted by molar-refractivity contribution is 6.00. The average molecular weight is 289 g/mol. The first kappa shape index (κ1) is 13.9. The summed E-state index contributed by atoms with van der Waals surface area (Å²) in [5, 5.41) is 2.84. The smallest absolute Gasteiger partial charge is 0.319 e. The zero-order valence-electron chi connectivity index (χ0n) is 12.4. The van der Waals surface area contributed by atoms with E-state index in [2.05, 4.69) is 5.32 Å². The Kier molecular flexibility index (Phi) is 3.15. The van der Waals surface area contributed by atoms with Gasteiger partial charge in [0.05, 0.1) is 6.61 Å². The first-order chi connectivity index (χ1) is 9.98. The van der Waals surface area contributed by atoms with Crippen LogP contribution < -0.4 is 10.1 Å². The third-order valence-corrected chi connectivity index (χ3v) is 4.56. The van der Waals surface area contributed by atoms with Crippen molar-refractivity contribution in [1.29, 1.82) is 0 Å². The van der Waals surface area contributed by atoms with Crippen LogP contribution >= 0.6 is 0 Å². The number of nitrogens with one attached hydrogen (secondary N) is 1. The predicted octanol–water partition coefficient (Wildman–Crippen LogP) is 1.82. The van der Waals surface area contributed by atoms with E-state index in [1.165, 1.54) is 0 Å². The molecule has 0 spiro atoms. The van der Waals surface area contributed by atoms with Crippen LogP contribution in [0.5, 0.6) is 5.75 Å². The highest BCUT2D eigenvalue weighted by atomic mass is 16.5. The zero-order valence-corrected chi connectivity index (χ0v) is 12.4. The van der Waals surface area contributed by atoms with Gasteiger partial charge < -0.3 is 14.8 Å². The summed E-state index contributed by atoms with van der Waals surface area (Å²) in [6, 6.07) is 7.56. The average Bonchev–Trinajstić information content (AvgIpc) is 2.42. The van der Waals surface area contributed by atoms with Crippen molar-refractivity contribution in [1.82, 2.24) is 5.32 Å². The normalized spacial score (nSPS) is 33.5. The highest BCUT2D eigenvalue weighted by Crippen LogP contribution is 2.50. The molecule has 4 atom stereocenters. The van der Waals surface area contributed by atoms with Crippen molar-refractivity contribution >= 4 is 11.9 Å². The maximum absolute atomic E-state index is 12.4. The van der Waals surface area contributed by atoms with E-state index in [9.17, 15) is 9.59 Å². The second kappa shape index (κ2) is 4.76. The Labute approximate surface area is 123 Å². The van der Waals surface area contributed by atoms with Crippen molar-refractivity contribution in [2.24, 2.45) is 11.8 Å². The number of amides is 1. The van der Waals surface area contributed by atoms with Crippen LogP contribution in [0.15, 0.2) is 24.3 Å². The number of ether oxygens (including phenoxy) is 2. The second-order valence-electron chi connectivity index (χ2n) is 5.78. The lowest BCUT2D eigenvalue weighted by atomic mass is 9.68. The molecule has 1 saturated heterocycles. The molecule has 0 aliphatic carbocycles. The molecule has 112 valence electrons. The summed E-state index contributed by atoms with van der Waals surface area (Å²) in [5.74, 6) is -1.15. The lowest BCUT2D eigenvalue weighted by Gasteiger charge is -2.51. The van der Waals surface area contributed by atoms with Gasteiger partial charge in [0.15, 0.2) is 5.72 Å². The molecule has 2 aliphatic heterocycles. The summed E-state index contributed by atoms with van der Waals surface area (Å²) in [6.45, 7) is 5.84. The summed E-state index contributed by atoms with van der Waals surface area (Å²) >= 11 is 0. The third kappa shape index (κ3) is 1.99. The van der Waals surface area contributed by atoms with Crippen LogP contribution in [0.1, 0.15) is 32.3 Å². The molecule has 21 heavy (non-hydrogen) atoms. The van der Waals surface area contributed by atoms with Gasteiger partial charge in [0, 0.05) is 11.8 Å². The Bertz CT molecular complexity index is 600. The fourth-order valence-electron chi connectivity index (χ4n) is 3.36. The number of para-hydroxylation sites is 1. The summed E-state index contributed by atoms with van der Waals surface area (Å²) in [5.41, 5.74) is 0.106. The lowest BCUT2D eigenvalue weighted by molar-refractivity contribution is -0.165. The molecule has 0 radical (unpaired) electrons. The van der Waals surface area contributed by atoms with Crippen LogP contribution in [0.3, 0.4) is 0 Å². The molecule has 2 aliphatic rings. The minimum Gasteiger partial charge on any atom is -0.468 e. The minimum atomic E-state index is -0.821. The van der Waals surface area contributed by atoms with E-state index in [1.54, 1.807) is 6.92 Å². The Morgan fingerprint density at radius 1 is 1.43 bits per heavy atom. The SMILES string of the molecule is CCOC(=O)[C@@H]1C(=O)N[C@]2(C)Oc3ccccc3[C@H]1[C@@H]2C. The largest absolute Gasteiger partial charge is 0.468 e. The molecular formula is C16H19NO4. The number of hydrogen-bond acceptors (Lipinski definition) is 4. The molecule has 1 N–H and O–H groups in total. The van der Waals surface area contributed by atoms with Gasteiger partial charge in [-0.05, 0) is 25.5 Å². The molecule has 5 heteroatoms. The van der Waals surface area contributed by atoms with Crippen LogP contribution in [0, 0.1) is 11.8 Å². The number of rotatable bonds is 2. The van der Waals surface area contributed by atoms with E-state index in [-0.39, 0.29) is 24.3 Å². The topological polar surface area (TPSA) is 64.6 Å². The minimum absolute atomic E-state index is 0.0282. The first-order valence-electron chi connectivity index (χ1n) is 7.24. The molecule has 0 unspecified atom stereocenters. The van der Waals surface area contributed by atoms with Gasteiger partial charge in [0.1, 0.15) is 11.7 Å². The molecule has 2 heterocycles. The predicted molar refractivity (Wildman–Crippen MR) is 75.6 cm³/mol. The molecule has 0 aromatic heterocycles. The lowest BCUT2D eigenvalue weighted by Crippen LogP contribution is -2.66. The Morgan fingerprint density at radius 3 is 2.86 bits per heavy atom. The standard InChI is InChI=1S/C16H19NO4/c1-4-20-15(19)13-12-9(2)16(3,17-14(13)18)21-11-8-6-5-7-10(11)12/h5-9,12-13H,4H2,1-3H3,(H,17,18)/t9-,12+,13-,16+/m0/s1. The summed E-state index contributed by atoms with van der Waals surface area (Å²) in [4.78, 5) is 24.6. The molecule has 1 aromatic carbocycles. The van der Waals surface area contributed by atoms with Gasteiger partial charge in [-0.2, -0.15) is 0 Å². The van der Waals surface area contributed by atoms with Gasteiger partial charge in [0.25, 0.3) is 0 Å². The number of benzene rings is 1. The summed E-state index contributed by atoms with van der Waals surface area (Å²) in [7, 11) is 0. The molecule has 0 saturated carbocycles. The number of fused-ring (bicyclic) bond motifs is 4. The molecule has 5 nitrogen and oxygen atoms in total. The Balaban J connectivity index is 2.10. The van der Waals surface area contributed by atoms with Crippen molar-refractivity contribution in [2.45, 2.75) is 32.4 Å². The molecular weight excluding hydrogens is 270 g/mol. The molecule has 1 fully saturated rings. The molecule has 2 bridgehead atoms. The van der Waals surface area contributed by atoms with Gasteiger partial charge >= 0.3 is 5.97 Å². The van der Waals surface area contributed by atoms with E-state index >= 15 is 0 Å². The van der Waals surface area contributed by atoms with Crippen molar-refractivity contribution in [3.8, 4) is 5.75 Å². The van der Waals surface area contributed by atoms with Crippen molar-refractivity contribution in [2.75, 3.05) is 6.61 Å². The van der Waals surface area contributed by atoms with Gasteiger partial charge in [-0.15, -0.1) is 0 Å². The monoisotopic (exact) mass is 289 g/mol.